The van der Waals surface area contributed by atoms with E-state index in [4.69, 9.17) is 9.94 Å². The van der Waals surface area contributed by atoms with Gasteiger partial charge in [0.15, 0.2) is 6.10 Å². The summed E-state index contributed by atoms with van der Waals surface area (Å²) < 4.78 is 6.01. The molecule has 0 aliphatic carbocycles. The van der Waals surface area contributed by atoms with Gasteiger partial charge in [0.1, 0.15) is 5.75 Å². The zero-order chi connectivity index (χ0) is 22.9. The highest BCUT2D eigenvalue weighted by molar-refractivity contribution is 5.95. The molecule has 0 saturated carbocycles. The molecule has 0 spiro atoms. The monoisotopic (exact) mass is 440 g/mol. The molecule has 1 fully saturated rings. The van der Waals surface area contributed by atoms with Gasteiger partial charge in [-0.05, 0) is 49.6 Å². The van der Waals surface area contributed by atoms with Crippen molar-refractivity contribution in [3.05, 3.63) is 48.5 Å². The van der Waals surface area contributed by atoms with Gasteiger partial charge in [0, 0.05) is 18.8 Å². The highest BCUT2D eigenvalue weighted by atomic mass is 16.5. The number of likely N-dealkylation sites (tertiary alicyclic amines) is 1. The molecule has 2 heterocycles. The fourth-order valence-electron chi connectivity index (χ4n) is 3.94. The Bertz CT molecular complexity index is 914. The molecule has 3 N–H and O–H groups in total. The molecule has 4 rings (SSSR count). The second kappa shape index (κ2) is 11.4. The number of carbonyl (C=O) groups is 2. The lowest BCUT2D eigenvalue weighted by Crippen LogP contribution is -2.52. The summed E-state index contributed by atoms with van der Waals surface area (Å²) in [6.45, 7) is 5.92. The van der Waals surface area contributed by atoms with Crippen LogP contribution in [0.15, 0.2) is 48.5 Å². The van der Waals surface area contributed by atoms with Crippen LogP contribution in [-0.4, -0.2) is 54.2 Å². The number of benzene rings is 2. The molecule has 1 atom stereocenters. The number of ether oxygens (including phenoxy) is 1. The van der Waals surface area contributed by atoms with Crippen molar-refractivity contribution < 1.29 is 19.5 Å². The molecular formula is C24H32N4O4. The fourth-order valence-corrected chi connectivity index (χ4v) is 3.94. The van der Waals surface area contributed by atoms with E-state index < -0.39 is 6.10 Å². The zero-order valence-corrected chi connectivity index (χ0v) is 18.7. The third-order valence-corrected chi connectivity index (χ3v) is 5.41. The number of piperidine rings is 1. The van der Waals surface area contributed by atoms with Crippen LogP contribution in [0.4, 0.5) is 17.1 Å². The third-order valence-electron chi connectivity index (χ3n) is 5.41. The molecule has 2 aliphatic rings. The summed E-state index contributed by atoms with van der Waals surface area (Å²) in [7, 11) is 0. The van der Waals surface area contributed by atoms with Crippen molar-refractivity contribution in [2.75, 3.05) is 41.9 Å². The van der Waals surface area contributed by atoms with Gasteiger partial charge in [0.05, 0.1) is 24.5 Å². The summed E-state index contributed by atoms with van der Waals surface area (Å²) in [6, 6.07) is 14.3. The van der Waals surface area contributed by atoms with Gasteiger partial charge in [-0.15, -0.1) is 0 Å². The molecule has 32 heavy (non-hydrogen) atoms. The summed E-state index contributed by atoms with van der Waals surface area (Å²) in [5.74, 6) is 0.376. The minimum Gasteiger partial charge on any atom is -0.477 e. The second-order valence-corrected chi connectivity index (χ2v) is 7.58. The van der Waals surface area contributed by atoms with E-state index >= 15 is 0 Å². The number of hydrogen-bond acceptors (Lipinski definition) is 6. The zero-order valence-electron chi connectivity index (χ0n) is 18.7. The Balaban J connectivity index is 0.00000141. The summed E-state index contributed by atoms with van der Waals surface area (Å²) in [6.07, 6.45) is 2.55. The molecule has 2 aromatic carbocycles. The first-order valence-electron chi connectivity index (χ1n) is 11.2. The van der Waals surface area contributed by atoms with E-state index in [1.807, 2.05) is 47.9 Å². The van der Waals surface area contributed by atoms with E-state index in [9.17, 15) is 9.59 Å². The Morgan fingerprint density at radius 3 is 2.50 bits per heavy atom. The van der Waals surface area contributed by atoms with Crippen LogP contribution in [0, 0.1) is 0 Å². The van der Waals surface area contributed by atoms with E-state index in [0.29, 0.717) is 23.7 Å². The Morgan fingerprint density at radius 2 is 1.75 bits per heavy atom. The van der Waals surface area contributed by atoms with Crippen LogP contribution in [0.3, 0.4) is 0 Å². The van der Waals surface area contributed by atoms with Crippen molar-refractivity contribution in [1.29, 1.82) is 0 Å². The Labute approximate surface area is 189 Å². The van der Waals surface area contributed by atoms with E-state index in [2.05, 4.69) is 10.8 Å². The molecular weight excluding hydrogens is 408 g/mol. The topological polar surface area (TPSA) is 94.1 Å². The van der Waals surface area contributed by atoms with Gasteiger partial charge >= 0.3 is 0 Å². The van der Waals surface area contributed by atoms with Crippen molar-refractivity contribution in [2.24, 2.45) is 0 Å². The molecule has 0 radical (unpaired) electrons. The van der Waals surface area contributed by atoms with Crippen LogP contribution < -0.4 is 20.4 Å². The Morgan fingerprint density at radius 1 is 1.03 bits per heavy atom. The van der Waals surface area contributed by atoms with Gasteiger partial charge in [-0.25, -0.2) is 0 Å². The third kappa shape index (κ3) is 5.70. The first kappa shape index (κ1) is 23.4. The number of nitrogens with zero attached hydrogens (tertiary/aromatic N) is 2. The van der Waals surface area contributed by atoms with Crippen LogP contribution in [0.5, 0.6) is 5.75 Å². The van der Waals surface area contributed by atoms with Crippen molar-refractivity contribution in [3.8, 4) is 5.75 Å². The molecule has 172 valence electrons. The smallest absolute Gasteiger partial charge is 0.265 e. The quantitative estimate of drug-likeness (QED) is 0.614. The van der Waals surface area contributed by atoms with Crippen LogP contribution >= 0.6 is 0 Å². The van der Waals surface area contributed by atoms with Crippen molar-refractivity contribution >= 4 is 28.9 Å². The van der Waals surface area contributed by atoms with Crippen molar-refractivity contribution in [3.63, 3.8) is 0 Å². The highest BCUT2D eigenvalue weighted by Gasteiger charge is 2.34. The average molecular weight is 441 g/mol. The molecule has 8 nitrogen and oxygen atoms in total. The van der Waals surface area contributed by atoms with Crippen LogP contribution in [0.1, 0.15) is 33.1 Å². The molecule has 0 bridgehead atoms. The van der Waals surface area contributed by atoms with Crippen molar-refractivity contribution in [2.45, 2.75) is 39.2 Å². The maximum atomic E-state index is 13.0. The Hall–Kier alpha value is -3.26. The number of nitrogens with one attached hydrogen (secondary N) is 2. The highest BCUT2D eigenvalue weighted by Crippen LogP contribution is 2.33. The molecule has 0 aromatic heterocycles. The number of amides is 2. The number of carbonyl (C=O) groups excluding carboxylic acids is 2. The number of rotatable bonds is 5. The van der Waals surface area contributed by atoms with Gasteiger partial charge in [-0.1, -0.05) is 32.0 Å². The lowest BCUT2D eigenvalue weighted by Gasteiger charge is -2.38. The summed E-state index contributed by atoms with van der Waals surface area (Å²) in [4.78, 5) is 29.4. The molecule has 8 heteroatoms. The van der Waals surface area contributed by atoms with E-state index in [-0.39, 0.29) is 18.4 Å². The fraction of sp³-hybridized carbons (Fsp3) is 0.417. The number of fused-ring (bicyclic) bond motifs is 1. The normalized spacial score (nSPS) is 17.3. The van der Waals surface area contributed by atoms with Crippen LogP contribution in [-0.2, 0) is 9.59 Å². The van der Waals surface area contributed by atoms with E-state index in [0.717, 1.165) is 38.0 Å². The van der Waals surface area contributed by atoms with Gasteiger partial charge < -0.3 is 19.9 Å². The van der Waals surface area contributed by atoms with E-state index in [1.165, 1.54) is 0 Å². The Kier molecular flexibility index (Phi) is 8.33. The minimum atomic E-state index is -0.632. The molecule has 1 unspecified atom stereocenters. The first-order valence-corrected chi connectivity index (χ1v) is 11.2. The summed E-state index contributed by atoms with van der Waals surface area (Å²) in [5.41, 5.74) is 3.91. The first-order chi connectivity index (χ1) is 15.6. The molecule has 2 aliphatic heterocycles. The van der Waals surface area contributed by atoms with Crippen molar-refractivity contribution in [1.82, 2.24) is 4.90 Å². The van der Waals surface area contributed by atoms with Gasteiger partial charge in [-0.2, -0.15) is 0 Å². The van der Waals surface area contributed by atoms with Gasteiger partial charge in [0.25, 0.3) is 5.91 Å². The molecule has 1 saturated heterocycles. The largest absolute Gasteiger partial charge is 0.477 e. The lowest BCUT2D eigenvalue weighted by molar-refractivity contribution is -0.139. The average Bonchev–Trinajstić information content (AvgIpc) is 2.85. The number of anilines is 3. The second-order valence-electron chi connectivity index (χ2n) is 7.58. The van der Waals surface area contributed by atoms with Gasteiger partial charge in [-0.3, -0.25) is 20.3 Å². The van der Waals surface area contributed by atoms with Crippen LogP contribution in [0.2, 0.25) is 0 Å². The lowest BCUT2D eigenvalue weighted by atomic mass is 10.1. The SMILES string of the molecule is CC.O=C(CN1CC(C(=O)N2CCCCC2)Oc2ccccc21)Nc1cccc(NO)c1. The number of hydrogen-bond donors (Lipinski definition) is 3. The maximum Gasteiger partial charge on any atom is 0.265 e. The maximum absolute atomic E-state index is 13.0. The van der Waals surface area contributed by atoms with Crippen LogP contribution in [0.25, 0.3) is 0 Å². The predicted octanol–water partition coefficient (Wildman–Crippen LogP) is 3.73. The summed E-state index contributed by atoms with van der Waals surface area (Å²) in [5, 5.41) is 11.9. The molecule has 2 aromatic rings. The standard InChI is InChI=1S/C22H26N4O4.C2H6/c27-21(23-16-7-6-8-17(13-16)24-29)15-26-14-20(22(28)25-11-4-1-5-12-25)30-19-10-3-2-9-18(19)26;1-2/h2-3,6-10,13,20,24,29H,1,4-5,11-12,14-15H2,(H,23,27);1-2H3. The van der Waals surface area contributed by atoms with E-state index in [1.54, 1.807) is 24.3 Å². The predicted molar refractivity (Wildman–Crippen MR) is 125 cm³/mol. The van der Waals surface area contributed by atoms with Gasteiger partial charge in [0.2, 0.25) is 5.91 Å². The minimum absolute atomic E-state index is 0.0173. The number of para-hydroxylation sites is 2. The summed E-state index contributed by atoms with van der Waals surface area (Å²) >= 11 is 0. The molecule has 2 amide bonds.